The van der Waals surface area contributed by atoms with Gasteiger partial charge in [-0.3, -0.25) is 10.1 Å². The molecule has 2 aromatic heterocycles. The molecule has 3 aromatic rings. The first-order valence-electron chi connectivity index (χ1n) is 7.22. The van der Waals surface area contributed by atoms with Crippen LogP contribution in [-0.4, -0.2) is 16.0 Å². The third-order valence-corrected chi connectivity index (χ3v) is 4.27. The van der Waals surface area contributed by atoms with Gasteiger partial charge >= 0.3 is 0 Å². The number of carbonyl (C=O) groups is 1. The maximum Gasteiger partial charge on any atom is 0.296 e. The highest BCUT2D eigenvalue weighted by Gasteiger charge is 2.15. The molecule has 0 fully saturated rings. The van der Waals surface area contributed by atoms with Crippen LogP contribution in [0.25, 0.3) is 11.3 Å². The van der Waals surface area contributed by atoms with Gasteiger partial charge in [0, 0.05) is 17.0 Å². The van der Waals surface area contributed by atoms with Gasteiger partial charge in [0.2, 0.25) is 5.76 Å². The third kappa shape index (κ3) is 3.17. The summed E-state index contributed by atoms with van der Waals surface area (Å²) in [4.78, 5) is 16.6. The summed E-state index contributed by atoms with van der Waals surface area (Å²) in [5, 5.41) is 8.95. The van der Waals surface area contributed by atoms with Crippen molar-refractivity contribution in [2.24, 2.45) is 0 Å². The number of amides is 1. The normalized spacial score (nSPS) is 10.8. The summed E-state index contributed by atoms with van der Waals surface area (Å²) in [7, 11) is 0. The molecule has 2 heterocycles. The number of nitrogens with one attached hydrogen (secondary N) is 1. The Morgan fingerprint density at radius 1 is 1.13 bits per heavy atom. The molecule has 6 heteroatoms. The zero-order valence-corrected chi connectivity index (χ0v) is 14.2. The van der Waals surface area contributed by atoms with Crippen LogP contribution in [0.5, 0.6) is 0 Å². The van der Waals surface area contributed by atoms with Crippen molar-refractivity contribution >= 4 is 22.4 Å². The standard InChI is InChI=1S/C17H17N3O2S/c1-9-5-10(2)15(11(3)6-9)13-8-23-17(18-13)19-16(21)14-7-12(4)20-22-14/h5-8H,1-4H3,(H,18,19,21). The van der Waals surface area contributed by atoms with Gasteiger partial charge in [0.1, 0.15) is 0 Å². The molecule has 0 aliphatic carbocycles. The van der Waals surface area contributed by atoms with E-state index in [0.717, 1.165) is 11.3 Å². The maximum absolute atomic E-state index is 12.1. The maximum atomic E-state index is 12.1. The molecule has 0 spiro atoms. The zero-order valence-electron chi connectivity index (χ0n) is 13.4. The minimum Gasteiger partial charge on any atom is -0.351 e. The highest BCUT2D eigenvalue weighted by atomic mass is 32.1. The SMILES string of the molecule is Cc1cc(C)c(-c2csc(NC(=O)c3cc(C)no3)n2)c(C)c1. The van der Waals surface area contributed by atoms with Gasteiger partial charge in [0.15, 0.2) is 5.13 Å². The fourth-order valence-corrected chi connectivity index (χ4v) is 3.36. The van der Waals surface area contributed by atoms with Crippen molar-refractivity contribution in [1.82, 2.24) is 10.1 Å². The Balaban J connectivity index is 1.85. The highest BCUT2D eigenvalue weighted by molar-refractivity contribution is 7.14. The first-order chi connectivity index (χ1) is 10.9. The molecule has 1 N–H and O–H groups in total. The molecule has 1 aromatic carbocycles. The van der Waals surface area contributed by atoms with Crippen molar-refractivity contribution < 1.29 is 9.32 Å². The number of hydrogen-bond donors (Lipinski definition) is 1. The number of aryl methyl sites for hydroxylation is 4. The second-order valence-electron chi connectivity index (χ2n) is 5.60. The van der Waals surface area contributed by atoms with Gasteiger partial charge in [-0.15, -0.1) is 11.3 Å². The van der Waals surface area contributed by atoms with E-state index in [-0.39, 0.29) is 11.7 Å². The molecule has 0 bridgehead atoms. The Kier molecular flexibility index (Phi) is 4.00. The Hall–Kier alpha value is -2.47. The predicted octanol–water partition coefficient (Wildman–Crippen LogP) is 4.28. The van der Waals surface area contributed by atoms with Gasteiger partial charge < -0.3 is 4.52 Å². The number of rotatable bonds is 3. The van der Waals surface area contributed by atoms with E-state index >= 15 is 0 Å². The van der Waals surface area contributed by atoms with Crippen LogP contribution >= 0.6 is 11.3 Å². The molecule has 0 atom stereocenters. The van der Waals surface area contributed by atoms with Crippen molar-refractivity contribution in [2.45, 2.75) is 27.7 Å². The Bertz CT molecular complexity index is 857. The summed E-state index contributed by atoms with van der Waals surface area (Å²) >= 11 is 1.39. The number of hydrogen-bond acceptors (Lipinski definition) is 5. The van der Waals surface area contributed by atoms with Gasteiger partial charge in [-0.05, 0) is 38.8 Å². The van der Waals surface area contributed by atoms with Gasteiger partial charge in [-0.2, -0.15) is 0 Å². The Morgan fingerprint density at radius 3 is 2.43 bits per heavy atom. The van der Waals surface area contributed by atoms with Crippen LogP contribution in [0.2, 0.25) is 0 Å². The summed E-state index contributed by atoms with van der Waals surface area (Å²) in [5.41, 5.74) is 6.24. The van der Waals surface area contributed by atoms with E-state index in [1.54, 1.807) is 13.0 Å². The van der Waals surface area contributed by atoms with Gasteiger partial charge in [0.05, 0.1) is 11.4 Å². The molecule has 0 unspecified atom stereocenters. The first kappa shape index (κ1) is 15.4. The second kappa shape index (κ2) is 5.96. The quantitative estimate of drug-likeness (QED) is 0.779. The van der Waals surface area contributed by atoms with Crippen LogP contribution in [0.15, 0.2) is 28.1 Å². The van der Waals surface area contributed by atoms with Crippen LogP contribution in [0, 0.1) is 27.7 Å². The van der Waals surface area contributed by atoms with Crippen LogP contribution in [-0.2, 0) is 0 Å². The molecule has 118 valence electrons. The zero-order chi connectivity index (χ0) is 16.6. The third-order valence-electron chi connectivity index (χ3n) is 3.51. The lowest BCUT2D eigenvalue weighted by Crippen LogP contribution is -2.10. The molecule has 23 heavy (non-hydrogen) atoms. The molecule has 0 saturated heterocycles. The van der Waals surface area contributed by atoms with Crippen LogP contribution in [0.3, 0.4) is 0 Å². The van der Waals surface area contributed by atoms with Crippen molar-refractivity contribution in [1.29, 1.82) is 0 Å². The number of aromatic nitrogens is 2. The molecular formula is C17H17N3O2S. The predicted molar refractivity (Wildman–Crippen MR) is 91.0 cm³/mol. The molecule has 0 saturated carbocycles. The molecule has 0 aliphatic rings. The first-order valence-corrected chi connectivity index (χ1v) is 8.10. The number of nitrogens with zero attached hydrogens (tertiary/aromatic N) is 2. The summed E-state index contributed by atoms with van der Waals surface area (Å²) in [5.74, 6) is -0.161. The van der Waals surface area contributed by atoms with E-state index in [1.807, 2.05) is 5.38 Å². The highest BCUT2D eigenvalue weighted by Crippen LogP contribution is 2.31. The number of benzene rings is 1. The summed E-state index contributed by atoms with van der Waals surface area (Å²) in [6.45, 7) is 8.00. The number of thiazole rings is 1. The number of carbonyl (C=O) groups excluding carboxylic acids is 1. The van der Waals surface area contributed by atoms with Crippen LogP contribution < -0.4 is 5.32 Å². The van der Waals surface area contributed by atoms with E-state index < -0.39 is 0 Å². The molecule has 0 aliphatic heterocycles. The summed E-state index contributed by atoms with van der Waals surface area (Å²) in [6.07, 6.45) is 0. The van der Waals surface area contributed by atoms with Crippen molar-refractivity contribution in [3.8, 4) is 11.3 Å². The van der Waals surface area contributed by atoms with Gasteiger partial charge in [-0.25, -0.2) is 4.98 Å². The van der Waals surface area contributed by atoms with Crippen LogP contribution in [0.4, 0.5) is 5.13 Å². The van der Waals surface area contributed by atoms with E-state index in [2.05, 4.69) is 48.4 Å². The fourth-order valence-electron chi connectivity index (χ4n) is 2.66. The molecule has 0 radical (unpaired) electrons. The van der Waals surface area contributed by atoms with Crippen molar-refractivity contribution in [3.05, 3.63) is 51.7 Å². The van der Waals surface area contributed by atoms with E-state index in [1.165, 1.54) is 28.0 Å². The molecule has 5 nitrogen and oxygen atoms in total. The fraction of sp³-hybridized carbons (Fsp3) is 0.235. The second-order valence-corrected chi connectivity index (χ2v) is 6.46. The van der Waals surface area contributed by atoms with Crippen LogP contribution in [0.1, 0.15) is 32.9 Å². The minimum atomic E-state index is -0.344. The summed E-state index contributed by atoms with van der Waals surface area (Å²) < 4.78 is 4.96. The Labute approximate surface area is 138 Å². The lowest BCUT2D eigenvalue weighted by molar-refractivity contribution is 0.0988. The lowest BCUT2D eigenvalue weighted by atomic mass is 9.98. The van der Waals surface area contributed by atoms with E-state index in [4.69, 9.17) is 4.52 Å². The average molecular weight is 327 g/mol. The molecular weight excluding hydrogens is 310 g/mol. The van der Waals surface area contributed by atoms with Crippen molar-refractivity contribution in [2.75, 3.05) is 5.32 Å². The molecule has 3 rings (SSSR count). The van der Waals surface area contributed by atoms with E-state index in [9.17, 15) is 4.79 Å². The lowest BCUT2D eigenvalue weighted by Gasteiger charge is -2.08. The van der Waals surface area contributed by atoms with Gasteiger partial charge in [-0.1, -0.05) is 22.9 Å². The summed E-state index contributed by atoms with van der Waals surface area (Å²) in [6, 6.07) is 5.87. The monoisotopic (exact) mass is 327 g/mol. The number of anilines is 1. The van der Waals surface area contributed by atoms with E-state index in [0.29, 0.717) is 10.8 Å². The Morgan fingerprint density at radius 2 is 1.83 bits per heavy atom. The largest absolute Gasteiger partial charge is 0.351 e. The van der Waals surface area contributed by atoms with Gasteiger partial charge in [0.25, 0.3) is 5.91 Å². The average Bonchev–Trinajstić information content (AvgIpc) is 3.07. The topological polar surface area (TPSA) is 68.0 Å². The smallest absolute Gasteiger partial charge is 0.296 e. The van der Waals surface area contributed by atoms with Crippen molar-refractivity contribution in [3.63, 3.8) is 0 Å². The minimum absolute atomic E-state index is 0.182. The molecule has 1 amide bonds.